The van der Waals surface area contributed by atoms with Crippen LogP contribution in [0.1, 0.15) is 58.5 Å². The molecule has 0 atom stereocenters. The highest BCUT2D eigenvalue weighted by Gasteiger charge is 2.33. The maximum absolute atomic E-state index is 5.07. The molecule has 37 heavy (non-hydrogen) atoms. The van der Waals surface area contributed by atoms with Gasteiger partial charge in [0, 0.05) is 39.2 Å². The molecule has 1 aliphatic heterocycles. The van der Waals surface area contributed by atoms with Gasteiger partial charge in [-0.3, -0.25) is 0 Å². The molecule has 0 bridgehead atoms. The number of pyridine rings is 1. The average molecular weight is 507 g/mol. The monoisotopic (exact) mass is 506 g/mol. The van der Waals surface area contributed by atoms with Crippen molar-refractivity contribution in [1.82, 2.24) is 9.97 Å². The molecule has 0 amide bonds. The largest absolute Gasteiger partial charge is 0.241 e. The Morgan fingerprint density at radius 2 is 1.57 bits per heavy atom. The Bertz CT molecular complexity index is 1740. The van der Waals surface area contributed by atoms with E-state index in [-0.39, 0.29) is 10.8 Å². The third kappa shape index (κ3) is 4.10. The van der Waals surface area contributed by atoms with Crippen molar-refractivity contribution in [3.05, 3.63) is 65.7 Å². The van der Waals surface area contributed by atoms with Crippen LogP contribution in [0.2, 0.25) is 0 Å². The SMILES string of the molecule is Cc1c2c(c(CC(C)(C)C)c3ccccc13)Sc1cc3nc(CC(C)(C)C)ncc3c3cc[n+](C)c-2c13. The average Bonchev–Trinajstić information content (AvgIpc) is 2.81. The Labute approximate surface area is 224 Å². The first-order chi connectivity index (χ1) is 17.4. The zero-order valence-electron chi connectivity index (χ0n) is 23.3. The van der Waals surface area contributed by atoms with Gasteiger partial charge in [0.1, 0.15) is 12.9 Å². The fraction of sp³-hybridized carbons (Fsp3) is 0.364. The normalized spacial score (nSPS) is 13.5. The predicted octanol–water partition coefficient (Wildman–Crippen LogP) is 8.38. The second-order valence-electron chi connectivity index (χ2n) is 13.1. The fourth-order valence-electron chi connectivity index (χ4n) is 5.88. The highest BCUT2D eigenvalue weighted by Crippen LogP contribution is 2.53. The summed E-state index contributed by atoms with van der Waals surface area (Å²) in [6, 6.07) is 13.5. The number of rotatable bonds is 2. The van der Waals surface area contributed by atoms with Crippen LogP contribution in [-0.2, 0) is 19.9 Å². The Balaban J connectivity index is 1.71. The molecule has 3 nitrogen and oxygen atoms in total. The van der Waals surface area contributed by atoms with Gasteiger partial charge >= 0.3 is 0 Å². The lowest BCUT2D eigenvalue weighted by Crippen LogP contribution is -2.32. The van der Waals surface area contributed by atoms with Gasteiger partial charge in [0.2, 0.25) is 5.69 Å². The van der Waals surface area contributed by atoms with Crippen LogP contribution in [-0.4, -0.2) is 9.97 Å². The lowest BCUT2D eigenvalue weighted by atomic mass is 9.83. The summed E-state index contributed by atoms with van der Waals surface area (Å²) in [5.41, 5.74) is 6.89. The zero-order chi connectivity index (χ0) is 26.3. The van der Waals surface area contributed by atoms with E-state index in [0.717, 1.165) is 29.6 Å². The van der Waals surface area contributed by atoms with Crippen LogP contribution >= 0.6 is 11.8 Å². The number of fused-ring (bicyclic) bond motifs is 5. The number of hydrogen-bond acceptors (Lipinski definition) is 3. The van der Waals surface area contributed by atoms with Crippen molar-refractivity contribution in [2.45, 2.75) is 71.1 Å². The molecule has 3 heterocycles. The van der Waals surface area contributed by atoms with Gasteiger partial charge in [-0.1, -0.05) is 77.6 Å². The van der Waals surface area contributed by atoms with Crippen LogP contribution in [0.5, 0.6) is 0 Å². The number of benzene rings is 3. The number of nitrogens with zero attached hydrogens (tertiary/aromatic N) is 3. The van der Waals surface area contributed by atoms with Gasteiger partial charge in [-0.25, -0.2) is 14.5 Å². The van der Waals surface area contributed by atoms with Crippen molar-refractivity contribution in [2.24, 2.45) is 17.9 Å². The van der Waals surface area contributed by atoms with Gasteiger partial charge in [0.05, 0.1) is 16.5 Å². The molecule has 2 aromatic heterocycles. The molecule has 0 spiro atoms. The highest BCUT2D eigenvalue weighted by atomic mass is 32.2. The minimum Gasteiger partial charge on any atom is -0.241 e. The molecule has 0 saturated heterocycles. The van der Waals surface area contributed by atoms with E-state index in [1.807, 2.05) is 18.0 Å². The van der Waals surface area contributed by atoms with Crippen LogP contribution < -0.4 is 4.57 Å². The lowest BCUT2D eigenvalue weighted by molar-refractivity contribution is -0.659. The molecule has 0 radical (unpaired) electrons. The second kappa shape index (κ2) is 8.26. The van der Waals surface area contributed by atoms with Gasteiger partial charge in [0.25, 0.3) is 0 Å². The van der Waals surface area contributed by atoms with E-state index in [1.54, 1.807) is 0 Å². The van der Waals surface area contributed by atoms with Gasteiger partial charge in [-0.2, -0.15) is 0 Å². The zero-order valence-corrected chi connectivity index (χ0v) is 24.1. The summed E-state index contributed by atoms with van der Waals surface area (Å²) in [5.74, 6) is 0.921. The standard InChI is InChI=1S/C33H36N3S/c1-19-20-11-9-10-12-21(20)23(16-32(2,3)4)31-28(19)30-29-22(13-14-36(30)8)24-18-34-27(17-33(5,6)7)35-25(24)15-26(29)37-31/h9-15,18H,16-17H2,1-8H3/q+1. The van der Waals surface area contributed by atoms with Crippen LogP contribution in [0.4, 0.5) is 0 Å². The number of hydrogen-bond donors (Lipinski definition) is 0. The van der Waals surface area contributed by atoms with Crippen molar-refractivity contribution in [3.8, 4) is 11.3 Å². The van der Waals surface area contributed by atoms with Crippen molar-refractivity contribution in [1.29, 1.82) is 0 Å². The molecule has 188 valence electrons. The Hall–Kier alpha value is -2.98. The van der Waals surface area contributed by atoms with E-state index in [4.69, 9.17) is 9.97 Å². The van der Waals surface area contributed by atoms with Crippen LogP contribution in [0, 0.1) is 17.8 Å². The molecule has 1 aliphatic rings. The van der Waals surface area contributed by atoms with E-state index in [2.05, 4.69) is 103 Å². The summed E-state index contributed by atoms with van der Waals surface area (Å²) < 4.78 is 2.31. The molecular weight excluding hydrogens is 470 g/mol. The van der Waals surface area contributed by atoms with E-state index < -0.39 is 0 Å². The van der Waals surface area contributed by atoms with E-state index >= 15 is 0 Å². The van der Waals surface area contributed by atoms with Gasteiger partial charge in [-0.05, 0) is 52.1 Å². The molecular formula is C33H36N3S+. The van der Waals surface area contributed by atoms with Crippen molar-refractivity contribution >= 4 is 44.2 Å². The van der Waals surface area contributed by atoms with Gasteiger partial charge in [-0.15, -0.1) is 0 Å². The van der Waals surface area contributed by atoms with E-state index in [1.165, 1.54) is 53.7 Å². The maximum atomic E-state index is 5.07. The second-order valence-corrected chi connectivity index (χ2v) is 14.1. The molecule has 3 aromatic carbocycles. The minimum atomic E-state index is 0.147. The van der Waals surface area contributed by atoms with Crippen molar-refractivity contribution < 1.29 is 4.57 Å². The molecule has 0 aliphatic carbocycles. The number of aryl methyl sites for hydroxylation is 2. The fourth-order valence-corrected chi connectivity index (χ4v) is 7.23. The Morgan fingerprint density at radius 1 is 0.865 bits per heavy atom. The maximum Gasteiger partial charge on any atom is 0.222 e. The van der Waals surface area contributed by atoms with Gasteiger partial charge < -0.3 is 0 Å². The molecule has 0 saturated carbocycles. The molecule has 0 fully saturated rings. The smallest absolute Gasteiger partial charge is 0.222 e. The summed E-state index contributed by atoms with van der Waals surface area (Å²) in [4.78, 5) is 12.6. The topological polar surface area (TPSA) is 29.7 Å². The summed E-state index contributed by atoms with van der Waals surface area (Å²) in [6.07, 6.45) is 6.15. The van der Waals surface area contributed by atoms with E-state index in [0.29, 0.717) is 0 Å². The highest BCUT2D eigenvalue weighted by molar-refractivity contribution is 8.00. The molecule has 4 heteroatoms. The molecule has 0 unspecified atom stereocenters. The molecule has 0 N–H and O–H groups in total. The van der Waals surface area contributed by atoms with Gasteiger partial charge in [0.15, 0.2) is 6.20 Å². The van der Waals surface area contributed by atoms with Crippen LogP contribution in [0.25, 0.3) is 43.7 Å². The molecule has 6 rings (SSSR count). The summed E-state index contributed by atoms with van der Waals surface area (Å²) in [6.45, 7) is 16.1. The predicted molar refractivity (Wildman–Crippen MR) is 156 cm³/mol. The first-order valence-corrected chi connectivity index (χ1v) is 14.1. The van der Waals surface area contributed by atoms with E-state index in [9.17, 15) is 0 Å². The lowest BCUT2D eigenvalue weighted by Gasteiger charge is -2.28. The summed E-state index contributed by atoms with van der Waals surface area (Å²) in [5, 5.41) is 6.44. The molecule has 5 aromatic rings. The van der Waals surface area contributed by atoms with Crippen LogP contribution in [0.3, 0.4) is 0 Å². The van der Waals surface area contributed by atoms with Crippen molar-refractivity contribution in [2.75, 3.05) is 0 Å². The first kappa shape index (κ1) is 24.4. The summed E-state index contributed by atoms with van der Waals surface area (Å²) in [7, 11) is 2.18. The third-order valence-corrected chi connectivity index (χ3v) is 8.57. The minimum absolute atomic E-state index is 0.147. The third-order valence-electron chi connectivity index (χ3n) is 7.37. The first-order valence-electron chi connectivity index (χ1n) is 13.2. The summed E-state index contributed by atoms with van der Waals surface area (Å²) >= 11 is 1.94. The number of aromatic nitrogens is 3. The quantitative estimate of drug-likeness (QED) is 0.174. The van der Waals surface area contributed by atoms with Crippen molar-refractivity contribution in [3.63, 3.8) is 0 Å². The Kier molecular flexibility index (Phi) is 5.44. The van der Waals surface area contributed by atoms with Crippen LogP contribution in [0.15, 0.2) is 58.6 Å². The Morgan fingerprint density at radius 3 is 2.27 bits per heavy atom.